The number of likely N-dealkylation sites (tertiary alicyclic amines) is 1. The Labute approximate surface area is 336 Å². The molecule has 0 radical (unpaired) electrons. The van der Waals surface area contributed by atoms with Gasteiger partial charge in [-0.1, -0.05) is 11.6 Å². The second kappa shape index (κ2) is 15.2. The maximum Gasteiger partial charge on any atom is 0.416 e. The van der Waals surface area contributed by atoms with Crippen LogP contribution in [0, 0.1) is 18.6 Å². The van der Waals surface area contributed by atoms with Gasteiger partial charge >= 0.3 is 6.18 Å². The van der Waals surface area contributed by atoms with E-state index in [4.69, 9.17) is 21.1 Å². The predicted molar refractivity (Wildman–Crippen MR) is 199 cm³/mol. The third kappa shape index (κ3) is 7.38. The van der Waals surface area contributed by atoms with Crippen LogP contribution in [0.2, 0.25) is 5.02 Å². The standard InChI is InChI=1S/C38H35ClF5N9O6/c1-19-32(55)30(46-18-45-19)35(57)51-7-5-37(6-8-51)29-31(20(2)59-37)52(17-28(54)47-27-4-3-22(14-26(27)41)38(42,43)44)36-48-33(49-53(36)34(29)56)23-15-24(39)21(13-25(23)40)16-50-9-11-58-12-10-50/h3-4,13-15,18,20,55H,5-12,16-17H2,1-2H3,(H,47,54). The number of piperidine rings is 1. The molecule has 310 valence electrons. The van der Waals surface area contributed by atoms with Gasteiger partial charge in [0.15, 0.2) is 17.3 Å². The van der Waals surface area contributed by atoms with Gasteiger partial charge in [0, 0.05) is 37.7 Å². The van der Waals surface area contributed by atoms with Crippen molar-refractivity contribution in [2.24, 2.45) is 0 Å². The van der Waals surface area contributed by atoms with Crippen molar-refractivity contribution >= 4 is 34.9 Å². The number of aryl methyl sites for hydroxylation is 1. The van der Waals surface area contributed by atoms with Gasteiger partial charge in [0.05, 0.1) is 53.1 Å². The lowest BCUT2D eigenvalue weighted by Gasteiger charge is -2.39. The van der Waals surface area contributed by atoms with Crippen LogP contribution >= 0.6 is 11.6 Å². The Morgan fingerprint density at radius 1 is 1.05 bits per heavy atom. The summed E-state index contributed by atoms with van der Waals surface area (Å²) in [4.78, 5) is 57.5. The summed E-state index contributed by atoms with van der Waals surface area (Å²) >= 11 is 6.65. The number of rotatable bonds is 7. The summed E-state index contributed by atoms with van der Waals surface area (Å²) in [5, 5.41) is 17.4. The first-order chi connectivity index (χ1) is 28.0. The number of fused-ring (bicyclic) bond motifs is 3. The maximum atomic E-state index is 15.9. The summed E-state index contributed by atoms with van der Waals surface area (Å²) in [6, 6.07) is 4.27. The molecular formula is C38H35ClF5N9O6. The number of carbonyl (C=O) groups excluding carboxylic acids is 2. The Kier molecular flexibility index (Phi) is 10.4. The zero-order valence-corrected chi connectivity index (χ0v) is 32.2. The summed E-state index contributed by atoms with van der Waals surface area (Å²) in [6.45, 7) is 5.28. The number of hydrogen-bond acceptors (Lipinski definition) is 11. The average molecular weight is 844 g/mol. The number of nitrogens with zero attached hydrogens (tertiary/aromatic N) is 8. The molecule has 5 aromatic rings. The monoisotopic (exact) mass is 843 g/mol. The molecule has 2 amide bonds. The quantitative estimate of drug-likeness (QED) is 0.212. The molecule has 3 aliphatic rings. The summed E-state index contributed by atoms with van der Waals surface area (Å²) < 4.78 is 84.5. The molecular weight excluding hydrogens is 809 g/mol. The minimum Gasteiger partial charge on any atom is -0.504 e. The zero-order chi connectivity index (χ0) is 42.0. The lowest BCUT2D eigenvalue weighted by Crippen LogP contribution is -2.47. The summed E-state index contributed by atoms with van der Waals surface area (Å²) in [6.07, 6.45) is -4.37. The Morgan fingerprint density at radius 3 is 2.47 bits per heavy atom. The molecule has 6 heterocycles. The summed E-state index contributed by atoms with van der Waals surface area (Å²) in [5.41, 5.74) is -3.11. The number of nitrogens with one attached hydrogen (secondary N) is 1. The van der Waals surface area contributed by atoms with Gasteiger partial charge in [0.2, 0.25) is 11.7 Å². The molecule has 8 rings (SSSR count). The minimum absolute atomic E-state index is 0.0573. The Hall–Kier alpha value is -5.57. The molecule has 15 nitrogen and oxygen atoms in total. The smallest absolute Gasteiger partial charge is 0.416 e. The molecule has 2 aromatic carbocycles. The van der Waals surface area contributed by atoms with Crippen LogP contribution in [-0.2, 0) is 39.1 Å². The Balaban J connectivity index is 1.18. The van der Waals surface area contributed by atoms with Gasteiger partial charge in [-0.05, 0) is 62.6 Å². The van der Waals surface area contributed by atoms with E-state index in [1.165, 1.54) is 28.5 Å². The van der Waals surface area contributed by atoms with Crippen molar-refractivity contribution in [3.8, 4) is 17.1 Å². The highest BCUT2D eigenvalue weighted by Crippen LogP contribution is 2.48. The normalized spacial score (nSPS) is 18.1. The number of ether oxygens (including phenoxy) is 2. The van der Waals surface area contributed by atoms with E-state index in [0.717, 1.165) is 16.9 Å². The van der Waals surface area contributed by atoms with Crippen molar-refractivity contribution in [1.29, 1.82) is 0 Å². The second-order valence-corrected chi connectivity index (χ2v) is 15.0. The lowest BCUT2D eigenvalue weighted by atomic mass is 9.85. The number of amides is 2. The molecule has 3 aliphatic heterocycles. The molecule has 0 aliphatic carbocycles. The number of aromatic hydroxyl groups is 1. The third-order valence-electron chi connectivity index (χ3n) is 10.8. The summed E-state index contributed by atoms with van der Waals surface area (Å²) in [7, 11) is 0. The number of alkyl halides is 3. The van der Waals surface area contributed by atoms with Crippen LogP contribution in [0.1, 0.15) is 64.4 Å². The van der Waals surface area contributed by atoms with E-state index < -0.39 is 64.7 Å². The largest absolute Gasteiger partial charge is 0.504 e. The van der Waals surface area contributed by atoms with Crippen LogP contribution in [0.4, 0.5) is 27.6 Å². The van der Waals surface area contributed by atoms with E-state index in [2.05, 4.69) is 30.3 Å². The number of carbonyl (C=O) groups is 2. The molecule has 1 spiro atoms. The molecule has 59 heavy (non-hydrogen) atoms. The van der Waals surface area contributed by atoms with E-state index in [1.807, 2.05) is 0 Å². The van der Waals surface area contributed by atoms with Crippen molar-refractivity contribution in [2.45, 2.75) is 57.7 Å². The molecule has 1 unspecified atom stereocenters. The fraction of sp³-hybridized carbons (Fsp3) is 0.395. The fourth-order valence-electron chi connectivity index (χ4n) is 7.87. The predicted octanol–water partition coefficient (Wildman–Crippen LogP) is 5.01. The van der Waals surface area contributed by atoms with Crippen LogP contribution in [0.3, 0.4) is 0 Å². The molecule has 3 aromatic heterocycles. The van der Waals surface area contributed by atoms with Gasteiger partial charge in [-0.25, -0.2) is 18.7 Å². The highest BCUT2D eigenvalue weighted by atomic mass is 35.5. The molecule has 2 saturated heterocycles. The topological polar surface area (TPSA) is 169 Å². The van der Waals surface area contributed by atoms with Gasteiger partial charge in [0.25, 0.3) is 11.5 Å². The fourth-order valence-corrected chi connectivity index (χ4v) is 8.09. The number of hydrogen-bond donors (Lipinski definition) is 2. The molecule has 1 atom stereocenters. The van der Waals surface area contributed by atoms with Crippen LogP contribution < -0.4 is 10.9 Å². The van der Waals surface area contributed by atoms with E-state index >= 15 is 4.39 Å². The van der Waals surface area contributed by atoms with E-state index in [-0.39, 0.29) is 82.6 Å². The van der Waals surface area contributed by atoms with Crippen molar-refractivity contribution in [2.75, 3.05) is 44.7 Å². The molecule has 21 heteroatoms. The Morgan fingerprint density at radius 2 is 1.78 bits per heavy atom. The number of aromatic nitrogens is 6. The van der Waals surface area contributed by atoms with Crippen LogP contribution in [0.5, 0.6) is 5.75 Å². The minimum atomic E-state index is -4.82. The lowest BCUT2D eigenvalue weighted by molar-refractivity contribution is -0.137. The van der Waals surface area contributed by atoms with Gasteiger partial charge in [-0.3, -0.25) is 19.3 Å². The van der Waals surface area contributed by atoms with Crippen LogP contribution in [-0.4, -0.2) is 95.2 Å². The zero-order valence-electron chi connectivity index (χ0n) is 31.4. The molecule has 2 fully saturated rings. The average Bonchev–Trinajstić information content (AvgIpc) is 3.76. The number of morpholine rings is 1. The molecule has 0 bridgehead atoms. The van der Waals surface area contributed by atoms with E-state index in [0.29, 0.717) is 44.5 Å². The van der Waals surface area contributed by atoms with Crippen molar-refractivity contribution in [3.05, 3.63) is 97.4 Å². The molecule has 2 N–H and O–H groups in total. The third-order valence-corrected chi connectivity index (χ3v) is 11.2. The van der Waals surface area contributed by atoms with Crippen molar-refractivity contribution in [3.63, 3.8) is 0 Å². The van der Waals surface area contributed by atoms with Gasteiger partial charge in [-0.2, -0.15) is 22.7 Å². The van der Waals surface area contributed by atoms with Gasteiger partial charge in [-0.15, -0.1) is 5.10 Å². The second-order valence-electron chi connectivity index (χ2n) is 14.6. The number of anilines is 1. The van der Waals surface area contributed by atoms with Gasteiger partial charge < -0.3 is 29.4 Å². The highest BCUT2D eigenvalue weighted by Gasteiger charge is 2.51. The first-order valence-corrected chi connectivity index (χ1v) is 18.9. The van der Waals surface area contributed by atoms with E-state index in [9.17, 15) is 37.1 Å². The maximum absolute atomic E-state index is 15.9. The molecule has 0 saturated carbocycles. The Bertz CT molecular complexity index is 2570. The first kappa shape index (κ1) is 40.2. The highest BCUT2D eigenvalue weighted by molar-refractivity contribution is 6.31. The SMILES string of the molecule is Cc1ncnc(C(=O)N2CCC3(CC2)OC(C)c2c3c(=O)n3nc(-c4cc(Cl)c(CN5CCOCC5)cc4F)nc3n2CC(=O)Nc2ccc(C(F)(F)F)cc2F)c1O. The van der Waals surface area contributed by atoms with Crippen LogP contribution in [0.25, 0.3) is 17.2 Å². The van der Waals surface area contributed by atoms with E-state index in [1.54, 1.807) is 6.92 Å². The number of benzene rings is 2. The van der Waals surface area contributed by atoms with Crippen molar-refractivity contribution in [1.82, 2.24) is 38.9 Å². The number of halogens is 6. The summed E-state index contributed by atoms with van der Waals surface area (Å²) in [5.74, 6) is -4.35. The van der Waals surface area contributed by atoms with Crippen molar-refractivity contribution < 1.29 is 46.1 Å². The van der Waals surface area contributed by atoms with Gasteiger partial charge in [0.1, 0.15) is 30.1 Å². The first-order valence-electron chi connectivity index (χ1n) is 18.5. The van der Waals surface area contributed by atoms with Crippen LogP contribution in [0.15, 0.2) is 41.5 Å².